The summed E-state index contributed by atoms with van der Waals surface area (Å²) in [5.41, 5.74) is 0.592. The second-order valence-electron chi connectivity index (χ2n) is 7.63. The van der Waals surface area contributed by atoms with Crippen molar-refractivity contribution in [2.75, 3.05) is 7.11 Å². The number of ketones is 1. The minimum Gasteiger partial charge on any atom is -0.507 e. The van der Waals surface area contributed by atoms with Crippen molar-refractivity contribution < 1.29 is 23.8 Å². The molecule has 1 saturated heterocycles. The molecule has 2 heterocycles. The molecule has 1 N–H and O–H groups in total. The summed E-state index contributed by atoms with van der Waals surface area (Å²) >= 11 is 0. The van der Waals surface area contributed by atoms with E-state index in [0.29, 0.717) is 5.56 Å². The lowest BCUT2D eigenvalue weighted by atomic mass is 9.91. The number of aliphatic hydroxyl groups excluding tert-OH is 1. The maximum Gasteiger partial charge on any atom is 0.295 e. The third-order valence-electron chi connectivity index (χ3n) is 5.86. The van der Waals surface area contributed by atoms with E-state index in [1.807, 2.05) is 0 Å². The van der Waals surface area contributed by atoms with Crippen LogP contribution in [0.15, 0.2) is 48.3 Å². The van der Waals surface area contributed by atoms with Gasteiger partial charge in [-0.2, -0.15) is 0 Å². The number of nitrogens with zero attached hydrogens (tertiary/aromatic N) is 2. The first-order valence-corrected chi connectivity index (χ1v) is 10.1. The predicted octanol–water partition coefficient (Wildman–Crippen LogP) is 3.98. The van der Waals surface area contributed by atoms with Crippen molar-refractivity contribution in [1.29, 1.82) is 0 Å². The maximum absolute atomic E-state index is 13.9. The molecule has 1 aliphatic carbocycles. The average molecular weight is 410 g/mol. The first kappa shape index (κ1) is 20.1. The molecule has 6 nitrogen and oxygen atoms in total. The zero-order chi connectivity index (χ0) is 21.3. The molecule has 0 spiro atoms. The molecule has 4 rings (SSSR count). The van der Waals surface area contributed by atoms with Gasteiger partial charge in [-0.25, -0.2) is 4.39 Å². The molecule has 2 aromatic rings. The minimum atomic E-state index is -0.783. The number of aliphatic hydroxyl groups is 1. The van der Waals surface area contributed by atoms with Crippen molar-refractivity contribution in [3.63, 3.8) is 0 Å². The molecule has 1 amide bonds. The molecule has 30 heavy (non-hydrogen) atoms. The molecule has 0 bridgehead atoms. The molecule has 2 aliphatic rings. The molecule has 2 fully saturated rings. The van der Waals surface area contributed by atoms with Crippen LogP contribution in [-0.2, 0) is 9.59 Å². The fourth-order valence-electron chi connectivity index (χ4n) is 4.46. The summed E-state index contributed by atoms with van der Waals surface area (Å²) in [7, 11) is 1.39. The number of carbonyl (C=O) groups is 2. The summed E-state index contributed by atoms with van der Waals surface area (Å²) in [6.07, 6.45) is 7.84. The van der Waals surface area contributed by atoms with Crippen LogP contribution in [0.5, 0.6) is 5.75 Å². The fraction of sp³-hybridized carbons (Fsp3) is 0.348. The van der Waals surface area contributed by atoms with Crippen molar-refractivity contribution in [3.8, 4) is 5.75 Å². The number of hydrogen-bond acceptors (Lipinski definition) is 5. The summed E-state index contributed by atoms with van der Waals surface area (Å²) in [6.45, 7) is 0. The highest BCUT2D eigenvalue weighted by Gasteiger charge is 2.49. The molecule has 1 aliphatic heterocycles. The Bertz CT molecular complexity index is 1000. The summed E-state index contributed by atoms with van der Waals surface area (Å²) in [6, 6.07) is 6.29. The third kappa shape index (κ3) is 3.44. The zero-order valence-electron chi connectivity index (χ0n) is 16.7. The van der Waals surface area contributed by atoms with Crippen molar-refractivity contribution in [1.82, 2.24) is 9.88 Å². The maximum atomic E-state index is 13.9. The molecule has 1 saturated carbocycles. The Morgan fingerprint density at radius 2 is 1.97 bits per heavy atom. The van der Waals surface area contributed by atoms with Crippen LogP contribution < -0.4 is 4.74 Å². The largest absolute Gasteiger partial charge is 0.507 e. The molecule has 7 heteroatoms. The fourth-order valence-corrected chi connectivity index (χ4v) is 4.46. The van der Waals surface area contributed by atoms with Crippen molar-refractivity contribution >= 4 is 17.4 Å². The van der Waals surface area contributed by atoms with E-state index in [-0.39, 0.29) is 22.9 Å². The standard InChI is InChI=1S/C23H23FN2O4/c1-30-18-10-9-15(24)12-17(18)21(27)19-20(14-6-5-11-25-13-14)26(23(29)22(19)28)16-7-3-2-4-8-16/h5-6,9-13,16,20,27H,2-4,7-8H2,1H3/b21-19+. The van der Waals surface area contributed by atoms with Gasteiger partial charge in [-0.1, -0.05) is 25.3 Å². The summed E-state index contributed by atoms with van der Waals surface area (Å²) in [5, 5.41) is 11.1. The second-order valence-corrected chi connectivity index (χ2v) is 7.63. The monoisotopic (exact) mass is 410 g/mol. The first-order valence-electron chi connectivity index (χ1n) is 10.1. The van der Waals surface area contributed by atoms with Gasteiger partial charge in [-0.15, -0.1) is 0 Å². The number of benzene rings is 1. The number of Topliss-reactive ketones (excluding diaryl/α,β-unsaturated/α-hetero) is 1. The number of hydrogen-bond donors (Lipinski definition) is 1. The van der Waals surface area contributed by atoms with Gasteiger partial charge in [-0.05, 0) is 42.7 Å². The van der Waals surface area contributed by atoms with Crippen LogP contribution in [0.4, 0.5) is 4.39 Å². The van der Waals surface area contributed by atoms with Crippen molar-refractivity contribution in [2.24, 2.45) is 0 Å². The molecule has 156 valence electrons. The highest BCUT2D eigenvalue weighted by Crippen LogP contribution is 2.43. The first-order chi connectivity index (χ1) is 14.5. The van der Waals surface area contributed by atoms with Crippen molar-refractivity contribution in [3.05, 3.63) is 65.2 Å². The van der Waals surface area contributed by atoms with Gasteiger partial charge in [0.05, 0.1) is 24.3 Å². The Morgan fingerprint density at radius 3 is 2.63 bits per heavy atom. The summed E-state index contributed by atoms with van der Waals surface area (Å²) in [5.74, 6) is -2.25. The number of carbonyl (C=O) groups excluding carboxylic acids is 2. The molecule has 0 radical (unpaired) electrons. The van der Waals surface area contributed by atoms with E-state index < -0.39 is 29.3 Å². The predicted molar refractivity (Wildman–Crippen MR) is 108 cm³/mol. The average Bonchev–Trinajstić information content (AvgIpc) is 3.05. The van der Waals surface area contributed by atoms with Crippen LogP contribution in [0.3, 0.4) is 0 Å². The number of pyridine rings is 1. The number of methoxy groups -OCH3 is 1. The lowest BCUT2D eigenvalue weighted by Crippen LogP contribution is -2.40. The Morgan fingerprint density at radius 1 is 1.20 bits per heavy atom. The molecule has 1 unspecified atom stereocenters. The Hall–Kier alpha value is -3.22. The van der Waals surface area contributed by atoms with E-state index in [9.17, 15) is 19.1 Å². The number of likely N-dealkylation sites (tertiary alicyclic amines) is 1. The van der Waals surface area contributed by atoms with Gasteiger partial charge in [0.1, 0.15) is 17.3 Å². The Labute approximate surface area is 174 Å². The topological polar surface area (TPSA) is 79.7 Å². The van der Waals surface area contributed by atoms with Crippen LogP contribution in [0, 0.1) is 5.82 Å². The van der Waals surface area contributed by atoms with Crippen molar-refractivity contribution in [2.45, 2.75) is 44.2 Å². The summed E-state index contributed by atoms with van der Waals surface area (Å²) in [4.78, 5) is 31.9. The van der Waals surface area contributed by atoms with Gasteiger partial charge in [0.15, 0.2) is 0 Å². The van der Waals surface area contributed by atoms with Crippen LogP contribution in [0.25, 0.3) is 5.76 Å². The number of ether oxygens (including phenoxy) is 1. The smallest absolute Gasteiger partial charge is 0.295 e. The number of halogens is 1. The van der Waals surface area contributed by atoms with Gasteiger partial charge in [-0.3, -0.25) is 14.6 Å². The lowest BCUT2D eigenvalue weighted by molar-refractivity contribution is -0.141. The van der Waals surface area contributed by atoms with E-state index in [0.717, 1.165) is 38.2 Å². The zero-order valence-corrected chi connectivity index (χ0v) is 16.7. The van der Waals surface area contributed by atoms with Crippen LogP contribution >= 0.6 is 0 Å². The van der Waals surface area contributed by atoms with Crippen LogP contribution in [-0.4, -0.2) is 39.8 Å². The minimum absolute atomic E-state index is 0.0352. The van der Waals surface area contributed by atoms with Gasteiger partial charge in [0.25, 0.3) is 11.7 Å². The molecular weight excluding hydrogens is 387 g/mol. The molecule has 1 aromatic carbocycles. The Balaban J connectivity index is 1.91. The highest BCUT2D eigenvalue weighted by molar-refractivity contribution is 6.46. The van der Waals surface area contributed by atoms with Gasteiger partial charge >= 0.3 is 0 Å². The summed E-state index contributed by atoms with van der Waals surface area (Å²) < 4.78 is 19.2. The van der Waals surface area contributed by atoms with E-state index in [1.165, 1.54) is 19.2 Å². The quantitative estimate of drug-likeness (QED) is 0.469. The second kappa shape index (κ2) is 8.26. The molecular formula is C23H23FN2O4. The van der Waals surface area contributed by atoms with E-state index >= 15 is 0 Å². The van der Waals surface area contributed by atoms with Gasteiger partial charge < -0.3 is 14.7 Å². The normalized spacial score (nSPS) is 21.8. The number of aromatic nitrogens is 1. The van der Waals surface area contributed by atoms with E-state index in [1.54, 1.807) is 29.4 Å². The number of amides is 1. The SMILES string of the molecule is COc1ccc(F)cc1/C(O)=C1\C(=O)C(=O)N(C2CCCCC2)C1c1cccnc1. The molecule has 1 aromatic heterocycles. The lowest BCUT2D eigenvalue weighted by Gasteiger charge is -2.35. The highest BCUT2D eigenvalue weighted by atomic mass is 19.1. The van der Waals surface area contributed by atoms with Crippen LogP contribution in [0.2, 0.25) is 0 Å². The van der Waals surface area contributed by atoms with Gasteiger partial charge in [0.2, 0.25) is 0 Å². The third-order valence-corrected chi connectivity index (χ3v) is 5.86. The molecule has 1 atom stereocenters. The number of rotatable bonds is 4. The van der Waals surface area contributed by atoms with E-state index in [4.69, 9.17) is 4.74 Å². The Kier molecular flexibility index (Phi) is 5.53. The van der Waals surface area contributed by atoms with Gasteiger partial charge in [0, 0.05) is 18.4 Å². The van der Waals surface area contributed by atoms with E-state index in [2.05, 4.69) is 4.98 Å². The van der Waals surface area contributed by atoms with Crippen LogP contribution in [0.1, 0.15) is 49.3 Å².